The van der Waals surface area contributed by atoms with Crippen molar-refractivity contribution in [3.63, 3.8) is 0 Å². The number of benzene rings is 1. The predicted molar refractivity (Wildman–Crippen MR) is 88.7 cm³/mol. The molecule has 0 amide bonds. The Balaban J connectivity index is 1.57. The van der Waals surface area contributed by atoms with Gasteiger partial charge in [0, 0.05) is 18.0 Å². The molecule has 23 heavy (non-hydrogen) atoms. The average molecular weight is 302 g/mol. The van der Waals surface area contributed by atoms with Crippen LogP contribution in [0.2, 0.25) is 0 Å². The van der Waals surface area contributed by atoms with E-state index in [1.54, 1.807) is 18.6 Å². The lowest BCUT2D eigenvalue weighted by Crippen LogP contribution is -2.03. The van der Waals surface area contributed by atoms with Crippen molar-refractivity contribution in [1.29, 1.82) is 0 Å². The van der Waals surface area contributed by atoms with E-state index in [1.807, 2.05) is 42.6 Å². The van der Waals surface area contributed by atoms with Gasteiger partial charge in [-0.2, -0.15) is 5.10 Å². The van der Waals surface area contributed by atoms with Crippen molar-refractivity contribution in [2.75, 3.05) is 5.32 Å². The summed E-state index contributed by atoms with van der Waals surface area (Å²) >= 11 is 0. The molecule has 0 fully saturated rings. The van der Waals surface area contributed by atoms with Crippen molar-refractivity contribution >= 4 is 16.9 Å². The minimum Gasteiger partial charge on any atom is -0.363 e. The van der Waals surface area contributed by atoms with Gasteiger partial charge in [-0.15, -0.1) is 0 Å². The van der Waals surface area contributed by atoms with Crippen molar-refractivity contribution in [2.45, 2.75) is 6.54 Å². The van der Waals surface area contributed by atoms with Crippen molar-refractivity contribution in [3.8, 4) is 11.1 Å². The van der Waals surface area contributed by atoms with Gasteiger partial charge in [0.1, 0.15) is 5.82 Å². The third-order valence-corrected chi connectivity index (χ3v) is 3.55. The first-order valence-electron chi connectivity index (χ1n) is 7.28. The lowest BCUT2D eigenvalue weighted by molar-refractivity contribution is 1.03. The summed E-state index contributed by atoms with van der Waals surface area (Å²) in [7, 11) is 0. The van der Waals surface area contributed by atoms with Gasteiger partial charge in [-0.3, -0.25) is 15.1 Å². The number of pyridine rings is 1. The molecule has 0 bridgehead atoms. The van der Waals surface area contributed by atoms with E-state index in [0.717, 1.165) is 33.7 Å². The quantitative estimate of drug-likeness (QED) is 0.606. The molecule has 0 radical (unpaired) electrons. The molecule has 3 heterocycles. The van der Waals surface area contributed by atoms with Crippen molar-refractivity contribution < 1.29 is 0 Å². The minimum absolute atomic E-state index is 0.619. The first kappa shape index (κ1) is 13.4. The van der Waals surface area contributed by atoms with Crippen molar-refractivity contribution in [2.24, 2.45) is 0 Å². The number of hydrogen-bond acceptors (Lipinski definition) is 5. The van der Waals surface area contributed by atoms with E-state index in [0.29, 0.717) is 6.54 Å². The summed E-state index contributed by atoms with van der Waals surface area (Å²) in [5.41, 5.74) is 4.76. The Morgan fingerprint density at radius 2 is 1.96 bits per heavy atom. The van der Waals surface area contributed by atoms with E-state index in [1.165, 1.54) is 0 Å². The van der Waals surface area contributed by atoms with E-state index >= 15 is 0 Å². The summed E-state index contributed by atoms with van der Waals surface area (Å²) in [5, 5.41) is 10.0. The van der Waals surface area contributed by atoms with Gasteiger partial charge < -0.3 is 5.32 Å². The molecule has 0 atom stereocenters. The average Bonchev–Trinajstić information content (AvgIpc) is 3.15. The van der Waals surface area contributed by atoms with Gasteiger partial charge in [-0.1, -0.05) is 12.1 Å². The number of nitrogens with one attached hydrogen (secondary N) is 2. The predicted octanol–water partition coefficient (Wildman–Crippen LogP) is 3.03. The van der Waals surface area contributed by atoms with Crippen molar-refractivity contribution in [3.05, 3.63) is 66.9 Å². The number of anilines is 1. The van der Waals surface area contributed by atoms with Gasteiger partial charge in [0.15, 0.2) is 0 Å². The van der Waals surface area contributed by atoms with Crippen LogP contribution >= 0.6 is 0 Å². The number of aromatic nitrogens is 5. The Hall–Kier alpha value is -3.28. The van der Waals surface area contributed by atoms with Crippen LogP contribution < -0.4 is 5.32 Å². The smallest absolute Gasteiger partial charge is 0.145 e. The molecule has 0 saturated carbocycles. The number of H-pyrrole nitrogens is 1. The van der Waals surface area contributed by atoms with Gasteiger partial charge >= 0.3 is 0 Å². The van der Waals surface area contributed by atoms with Crippen LogP contribution in [0.5, 0.6) is 0 Å². The van der Waals surface area contributed by atoms with Crippen LogP contribution in [0, 0.1) is 0 Å². The van der Waals surface area contributed by atoms with E-state index < -0.39 is 0 Å². The van der Waals surface area contributed by atoms with E-state index in [2.05, 4.69) is 30.5 Å². The standard InChI is InChI=1S/C17H14N6/c1-2-6-18-14(3-1)10-20-17-11-19-16-7-12(4-5-15(16)23-17)13-8-21-22-9-13/h1-9,11H,10H2,(H,20,23)(H,21,22). The van der Waals surface area contributed by atoms with Crippen LogP contribution in [0.3, 0.4) is 0 Å². The molecule has 112 valence electrons. The van der Waals surface area contributed by atoms with Crippen LogP contribution in [0.4, 0.5) is 5.82 Å². The molecular weight excluding hydrogens is 288 g/mol. The Morgan fingerprint density at radius 3 is 2.78 bits per heavy atom. The summed E-state index contributed by atoms with van der Waals surface area (Å²) < 4.78 is 0. The second-order valence-corrected chi connectivity index (χ2v) is 5.12. The molecule has 0 saturated heterocycles. The summed E-state index contributed by atoms with van der Waals surface area (Å²) in [5.74, 6) is 0.735. The summed E-state index contributed by atoms with van der Waals surface area (Å²) in [6, 6.07) is 11.8. The molecule has 0 aliphatic carbocycles. The van der Waals surface area contributed by atoms with Gasteiger partial charge in [0.25, 0.3) is 0 Å². The van der Waals surface area contributed by atoms with E-state index in [-0.39, 0.29) is 0 Å². The fourth-order valence-corrected chi connectivity index (χ4v) is 2.37. The maximum absolute atomic E-state index is 4.59. The molecule has 1 aromatic carbocycles. The van der Waals surface area contributed by atoms with Gasteiger partial charge in [-0.05, 0) is 29.8 Å². The molecule has 4 aromatic rings. The molecule has 0 spiro atoms. The summed E-state index contributed by atoms with van der Waals surface area (Å²) in [6.45, 7) is 0.619. The number of hydrogen-bond donors (Lipinski definition) is 2. The highest BCUT2D eigenvalue weighted by Crippen LogP contribution is 2.22. The fourth-order valence-electron chi connectivity index (χ4n) is 2.37. The molecule has 2 N–H and O–H groups in total. The first-order valence-corrected chi connectivity index (χ1v) is 7.28. The normalized spacial score (nSPS) is 10.8. The second kappa shape index (κ2) is 5.84. The van der Waals surface area contributed by atoms with E-state index in [9.17, 15) is 0 Å². The second-order valence-electron chi connectivity index (χ2n) is 5.12. The molecule has 0 aliphatic heterocycles. The molecular formula is C17H14N6. The zero-order valence-electron chi connectivity index (χ0n) is 12.3. The number of fused-ring (bicyclic) bond motifs is 1. The number of nitrogens with zero attached hydrogens (tertiary/aromatic N) is 4. The highest BCUT2D eigenvalue weighted by atomic mass is 15.1. The molecule has 0 aliphatic rings. The van der Waals surface area contributed by atoms with Crippen LogP contribution in [-0.4, -0.2) is 25.1 Å². The minimum atomic E-state index is 0.619. The Bertz CT molecular complexity index is 918. The number of rotatable bonds is 4. The maximum Gasteiger partial charge on any atom is 0.145 e. The Kier molecular flexibility index (Phi) is 3.40. The zero-order valence-corrected chi connectivity index (χ0v) is 12.3. The van der Waals surface area contributed by atoms with Crippen LogP contribution in [0.25, 0.3) is 22.2 Å². The maximum atomic E-state index is 4.59. The molecule has 0 unspecified atom stereocenters. The highest BCUT2D eigenvalue weighted by Gasteiger charge is 2.04. The fraction of sp³-hybridized carbons (Fsp3) is 0.0588. The zero-order chi connectivity index (χ0) is 15.5. The highest BCUT2D eigenvalue weighted by molar-refractivity contribution is 5.81. The third-order valence-electron chi connectivity index (χ3n) is 3.55. The van der Waals surface area contributed by atoms with Crippen molar-refractivity contribution in [1.82, 2.24) is 25.1 Å². The van der Waals surface area contributed by atoms with Crippen LogP contribution in [0.15, 0.2) is 61.2 Å². The molecule has 4 rings (SSSR count). The third kappa shape index (κ3) is 2.87. The molecule has 6 nitrogen and oxygen atoms in total. The topological polar surface area (TPSA) is 79.4 Å². The lowest BCUT2D eigenvalue weighted by Gasteiger charge is -2.06. The van der Waals surface area contributed by atoms with Gasteiger partial charge in [-0.25, -0.2) is 4.98 Å². The van der Waals surface area contributed by atoms with Gasteiger partial charge in [0.05, 0.1) is 35.7 Å². The molecule has 6 heteroatoms. The summed E-state index contributed by atoms with van der Waals surface area (Å²) in [4.78, 5) is 13.4. The lowest BCUT2D eigenvalue weighted by atomic mass is 10.1. The molecule has 3 aromatic heterocycles. The monoisotopic (exact) mass is 302 g/mol. The SMILES string of the molecule is c1ccc(CNc2cnc3cc(-c4cn[nH]c4)ccc3n2)nc1. The van der Waals surface area contributed by atoms with Crippen LogP contribution in [0.1, 0.15) is 5.69 Å². The van der Waals surface area contributed by atoms with Crippen LogP contribution in [-0.2, 0) is 6.54 Å². The first-order chi connectivity index (χ1) is 11.4. The number of aromatic amines is 1. The largest absolute Gasteiger partial charge is 0.363 e. The Morgan fingerprint density at radius 1 is 0.957 bits per heavy atom. The Labute approximate surface area is 132 Å². The van der Waals surface area contributed by atoms with Gasteiger partial charge in [0.2, 0.25) is 0 Å². The summed E-state index contributed by atoms with van der Waals surface area (Å²) in [6.07, 6.45) is 7.17. The van der Waals surface area contributed by atoms with E-state index in [4.69, 9.17) is 0 Å².